The molecular weight excluding hydrogens is 426 g/mol. The molecule has 0 aliphatic heterocycles. The topological polar surface area (TPSA) is 120 Å². The van der Waals surface area contributed by atoms with Crippen LogP contribution in [-0.4, -0.2) is 38.3 Å². The van der Waals surface area contributed by atoms with Gasteiger partial charge in [-0.2, -0.15) is 0 Å². The summed E-state index contributed by atoms with van der Waals surface area (Å²) in [5.41, 5.74) is 0.683. The number of nitrogens with zero attached hydrogens (tertiary/aromatic N) is 2. The lowest BCUT2D eigenvalue weighted by molar-refractivity contribution is -0.155. The summed E-state index contributed by atoms with van der Waals surface area (Å²) in [6, 6.07) is 12.5. The number of ether oxygens (including phenoxy) is 2. The lowest BCUT2D eigenvalue weighted by Crippen LogP contribution is -2.27. The van der Waals surface area contributed by atoms with E-state index < -0.39 is 23.6 Å². The molecule has 0 bridgehead atoms. The van der Waals surface area contributed by atoms with E-state index in [1.807, 2.05) is 6.07 Å². The quantitative estimate of drug-likeness (QED) is 0.415. The second-order valence-corrected chi connectivity index (χ2v) is 8.22. The fourth-order valence-corrected chi connectivity index (χ4v) is 3.07. The first-order chi connectivity index (χ1) is 15.6. The van der Waals surface area contributed by atoms with Crippen LogP contribution in [0, 0.1) is 0 Å². The first kappa shape index (κ1) is 23.5. The molecule has 33 heavy (non-hydrogen) atoms. The predicted molar refractivity (Wildman–Crippen MR) is 121 cm³/mol. The number of esters is 1. The van der Waals surface area contributed by atoms with Crippen LogP contribution >= 0.6 is 0 Å². The Labute approximate surface area is 190 Å². The molecule has 0 atom stereocenters. The number of carboxylic acids is 1. The number of amides is 1. The minimum atomic E-state index is -1.34. The Morgan fingerprint density at radius 2 is 1.85 bits per heavy atom. The summed E-state index contributed by atoms with van der Waals surface area (Å²) in [4.78, 5) is 40.5. The molecule has 2 heterocycles. The predicted octanol–water partition coefficient (Wildman–Crippen LogP) is 3.73. The number of hydrogen-bond donors (Lipinski definition) is 2. The normalized spacial score (nSPS) is 11.8. The molecule has 2 aromatic heterocycles. The highest BCUT2D eigenvalue weighted by molar-refractivity contribution is 5.98. The zero-order valence-electron chi connectivity index (χ0n) is 18.6. The molecule has 0 aliphatic rings. The van der Waals surface area contributed by atoms with Crippen LogP contribution in [0.4, 0.5) is 4.79 Å². The third kappa shape index (κ3) is 6.67. The van der Waals surface area contributed by atoms with Crippen molar-refractivity contribution in [2.75, 3.05) is 0 Å². The van der Waals surface area contributed by atoms with Crippen molar-refractivity contribution >= 4 is 35.1 Å². The number of benzene rings is 1. The van der Waals surface area contributed by atoms with Gasteiger partial charge in [0.25, 0.3) is 0 Å². The van der Waals surface area contributed by atoms with Gasteiger partial charge < -0.3 is 19.1 Å². The van der Waals surface area contributed by atoms with E-state index in [-0.39, 0.29) is 18.8 Å². The molecule has 0 unspecified atom stereocenters. The number of fused-ring (bicyclic) bond motifs is 1. The Kier molecular flexibility index (Phi) is 7.12. The third-order valence-electron chi connectivity index (χ3n) is 4.36. The Morgan fingerprint density at radius 1 is 1.12 bits per heavy atom. The summed E-state index contributed by atoms with van der Waals surface area (Å²) in [5.74, 6) is -1.80. The Morgan fingerprint density at radius 3 is 2.52 bits per heavy atom. The van der Waals surface area contributed by atoms with Gasteiger partial charge in [0.15, 0.2) is 0 Å². The van der Waals surface area contributed by atoms with Gasteiger partial charge in [-0.1, -0.05) is 30.3 Å². The highest BCUT2D eigenvalue weighted by atomic mass is 16.6. The first-order valence-corrected chi connectivity index (χ1v) is 10.2. The van der Waals surface area contributed by atoms with Gasteiger partial charge in [-0.15, -0.1) is 0 Å². The van der Waals surface area contributed by atoms with Crippen LogP contribution in [0.1, 0.15) is 31.9 Å². The van der Waals surface area contributed by atoms with Gasteiger partial charge in [0.1, 0.15) is 30.1 Å². The van der Waals surface area contributed by atoms with E-state index in [1.54, 1.807) is 74.1 Å². The number of carboxylic acid groups (broad SMARTS) is 1. The van der Waals surface area contributed by atoms with Crippen molar-refractivity contribution in [3.8, 4) is 0 Å². The molecule has 0 aliphatic carbocycles. The van der Waals surface area contributed by atoms with Crippen molar-refractivity contribution in [1.82, 2.24) is 14.9 Å². The maximum atomic E-state index is 12.3. The lowest BCUT2D eigenvalue weighted by Gasteiger charge is -2.19. The van der Waals surface area contributed by atoms with Crippen molar-refractivity contribution in [2.45, 2.75) is 39.5 Å². The standard InChI is InChI=1S/C24H25N3O6/c1-24(2,3)33-20(28)14-27-13-17(18-10-7-11-25-21(18)27)12-19(22(29)30)26-23(31)32-15-16-8-5-4-6-9-16/h4-13H,14-15H2,1-3H3,(H,26,31)(H,29,30)/b19-12+. The number of alkyl carbamates (subject to hydrolysis) is 1. The molecule has 1 amide bonds. The van der Waals surface area contributed by atoms with Crippen LogP contribution in [-0.2, 0) is 32.2 Å². The number of aliphatic carboxylic acids is 1. The van der Waals surface area contributed by atoms with Gasteiger partial charge in [0, 0.05) is 23.3 Å². The van der Waals surface area contributed by atoms with E-state index in [0.29, 0.717) is 16.6 Å². The van der Waals surface area contributed by atoms with Crippen LogP contribution in [0.5, 0.6) is 0 Å². The molecule has 9 nitrogen and oxygen atoms in total. The second kappa shape index (κ2) is 9.99. The van der Waals surface area contributed by atoms with E-state index in [0.717, 1.165) is 5.56 Å². The van der Waals surface area contributed by atoms with Crippen LogP contribution in [0.25, 0.3) is 17.1 Å². The van der Waals surface area contributed by atoms with Crippen LogP contribution in [0.15, 0.2) is 60.6 Å². The second-order valence-electron chi connectivity index (χ2n) is 8.22. The van der Waals surface area contributed by atoms with E-state index in [9.17, 15) is 19.5 Å². The summed E-state index contributed by atoms with van der Waals surface area (Å²) in [6.45, 7) is 5.21. The van der Waals surface area contributed by atoms with Crippen LogP contribution in [0.3, 0.4) is 0 Å². The molecular formula is C24H25N3O6. The van der Waals surface area contributed by atoms with Crippen molar-refractivity contribution in [2.24, 2.45) is 0 Å². The maximum absolute atomic E-state index is 12.3. The van der Waals surface area contributed by atoms with Gasteiger partial charge in [-0.3, -0.25) is 10.1 Å². The SMILES string of the molecule is CC(C)(C)OC(=O)Cn1cc(/C=C(/NC(=O)OCc2ccccc2)C(=O)O)c2cccnc21. The Hall–Kier alpha value is -4.14. The molecule has 1 aromatic carbocycles. The van der Waals surface area contributed by atoms with Crippen molar-refractivity contribution < 1.29 is 29.0 Å². The minimum absolute atomic E-state index is 0.00130. The van der Waals surface area contributed by atoms with Gasteiger partial charge in [-0.25, -0.2) is 14.6 Å². The molecule has 172 valence electrons. The summed E-state index contributed by atoms with van der Waals surface area (Å²) in [6.07, 6.45) is 3.55. The highest BCUT2D eigenvalue weighted by Crippen LogP contribution is 2.22. The van der Waals surface area contributed by atoms with E-state index >= 15 is 0 Å². The molecule has 0 spiro atoms. The smallest absolute Gasteiger partial charge is 0.412 e. The van der Waals surface area contributed by atoms with Crippen molar-refractivity contribution in [3.63, 3.8) is 0 Å². The zero-order valence-corrected chi connectivity index (χ0v) is 18.6. The van der Waals surface area contributed by atoms with Crippen molar-refractivity contribution in [1.29, 1.82) is 0 Å². The Bertz CT molecular complexity index is 1190. The fraction of sp³-hybridized carbons (Fsp3) is 0.250. The zero-order chi connectivity index (χ0) is 24.0. The lowest BCUT2D eigenvalue weighted by atomic mass is 10.2. The summed E-state index contributed by atoms with van der Waals surface area (Å²) in [7, 11) is 0. The Balaban J connectivity index is 1.82. The summed E-state index contributed by atoms with van der Waals surface area (Å²) < 4.78 is 12.0. The largest absolute Gasteiger partial charge is 0.477 e. The summed E-state index contributed by atoms with van der Waals surface area (Å²) in [5, 5.41) is 12.5. The van der Waals surface area contributed by atoms with Gasteiger partial charge >= 0.3 is 18.0 Å². The number of nitrogens with one attached hydrogen (secondary N) is 1. The first-order valence-electron chi connectivity index (χ1n) is 10.2. The molecule has 3 aromatic rings. The number of aromatic nitrogens is 2. The monoisotopic (exact) mass is 451 g/mol. The molecule has 3 rings (SSSR count). The molecule has 2 N–H and O–H groups in total. The van der Waals surface area contributed by atoms with Crippen LogP contribution < -0.4 is 5.32 Å². The number of carbonyl (C=O) groups excluding carboxylic acids is 2. The molecule has 0 radical (unpaired) electrons. The maximum Gasteiger partial charge on any atom is 0.412 e. The number of hydrogen-bond acceptors (Lipinski definition) is 6. The van der Waals surface area contributed by atoms with E-state index in [4.69, 9.17) is 9.47 Å². The molecule has 0 saturated heterocycles. The molecule has 9 heteroatoms. The van der Waals surface area contributed by atoms with Crippen LogP contribution in [0.2, 0.25) is 0 Å². The van der Waals surface area contributed by atoms with Gasteiger partial charge in [0.2, 0.25) is 0 Å². The van der Waals surface area contributed by atoms with E-state index in [2.05, 4.69) is 10.3 Å². The molecule has 0 fully saturated rings. The average molecular weight is 451 g/mol. The number of rotatable bonds is 7. The third-order valence-corrected chi connectivity index (χ3v) is 4.36. The average Bonchev–Trinajstić information content (AvgIpc) is 3.08. The van der Waals surface area contributed by atoms with Gasteiger partial charge in [0.05, 0.1) is 0 Å². The number of pyridine rings is 1. The fourth-order valence-electron chi connectivity index (χ4n) is 3.07. The van der Waals surface area contributed by atoms with Gasteiger partial charge in [-0.05, 0) is 44.5 Å². The molecule has 0 saturated carbocycles. The van der Waals surface area contributed by atoms with Crippen molar-refractivity contribution in [3.05, 3.63) is 71.7 Å². The van der Waals surface area contributed by atoms with E-state index in [1.165, 1.54) is 6.08 Å². The number of carbonyl (C=O) groups is 3. The summed E-state index contributed by atoms with van der Waals surface area (Å²) >= 11 is 0. The minimum Gasteiger partial charge on any atom is -0.477 e. The highest BCUT2D eigenvalue weighted by Gasteiger charge is 2.19.